The van der Waals surface area contributed by atoms with E-state index in [0.29, 0.717) is 33.7 Å². The summed E-state index contributed by atoms with van der Waals surface area (Å²) in [5.41, 5.74) is 1.49. The van der Waals surface area contributed by atoms with Crippen LogP contribution in [0.2, 0.25) is 10.0 Å². The van der Waals surface area contributed by atoms with Gasteiger partial charge in [0.1, 0.15) is 6.61 Å². The number of hydrazone groups is 1. The number of hydrogen-bond acceptors (Lipinski definition) is 5. The molecule has 1 aliphatic heterocycles. The molecule has 4 aliphatic rings. The Hall–Kier alpha value is -2.83. The first kappa shape index (κ1) is 22.9. The third kappa shape index (κ3) is 4.21. The largest absolute Gasteiger partial charge is 0.490 e. The Labute approximate surface area is 208 Å². The van der Waals surface area contributed by atoms with Crippen LogP contribution in [0.3, 0.4) is 0 Å². The molecule has 1 saturated heterocycles. The molecule has 0 radical (unpaired) electrons. The molecule has 2 aromatic rings. The molecular weight excluding hydrogens is 475 g/mol. The third-order valence-electron chi connectivity index (χ3n) is 6.72. The number of benzene rings is 2. The quantitative estimate of drug-likeness (QED) is 0.287. The van der Waals surface area contributed by atoms with Crippen LogP contribution in [0.5, 0.6) is 11.5 Å². The molecule has 0 spiro atoms. The van der Waals surface area contributed by atoms with E-state index in [1.54, 1.807) is 30.3 Å². The Morgan fingerprint density at radius 2 is 1.68 bits per heavy atom. The maximum absolute atomic E-state index is 12.9. The Morgan fingerprint density at radius 3 is 2.29 bits per heavy atom. The fraction of sp³-hybridized carbons (Fsp3) is 0.346. The number of rotatable bonds is 7. The number of ether oxygens (including phenoxy) is 2. The smallest absolute Gasteiger partial charge is 0.254 e. The van der Waals surface area contributed by atoms with E-state index in [-0.39, 0.29) is 42.1 Å². The van der Waals surface area contributed by atoms with Gasteiger partial charge in [-0.1, -0.05) is 41.4 Å². The number of allylic oxidation sites excluding steroid dienone is 2. The number of nitrogens with zero attached hydrogens (tertiary/aromatic N) is 2. The predicted octanol–water partition coefficient (Wildman–Crippen LogP) is 5.50. The molecule has 34 heavy (non-hydrogen) atoms. The number of imide groups is 1. The number of carbonyl (C=O) groups is 2. The number of carbonyl (C=O) groups excluding carboxylic acids is 2. The zero-order chi connectivity index (χ0) is 23.8. The second-order valence-corrected chi connectivity index (χ2v) is 9.58. The molecule has 4 atom stereocenters. The molecule has 3 aliphatic carbocycles. The second-order valence-electron chi connectivity index (χ2n) is 8.74. The first-order valence-corrected chi connectivity index (χ1v) is 12.2. The molecule has 176 valence electrons. The molecule has 2 aromatic carbocycles. The topological polar surface area (TPSA) is 68.2 Å². The van der Waals surface area contributed by atoms with Gasteiger partial charge in [-0.3, -0.25) is 9.59 Å². The fourth-order valence-corrected chi connectivity index (χ4v) is 5.55. The van der Waals surface area contributed by atoms with Crippen molar-refractivity contribution < 1.29 is 19.1 Å². The van der Waals surface area contributed by atoms with Crippen molar-refractivity contribution in [3.8, 4) is 11.5 Å². The monoisotopic (exact) mass is 498 g/mol. The van der Waals surface area contributed by atoms with E-state index in [4.69, 9.17) is 32.7 Å². The van der Waals surface area contributed by atoms with Crippen LogP contribution in [0, 0.1) is 23.7 Å². The van der Waals surface area contributed by atoms with Crippen molar-refractivity contribution in [1.29, 1.82) is 0 Å². The van der Waals surface area contributed by atoms with Crippen LogP contribution in [0.25, 0.3) is 0 Å². The minimum Gasteiger partial charge on any atom is -0.490 e. The summed E-state index contributed by atoms with van der Waals surface area (Å²) < 4.78 is 11.7. The van der Waals surface area contributed by atoms with Gasteiger partial charge in [0.25, 0.3) is 11.8 Å². The van der Waals surface area contributed by atoms with Crippen LogP contribution in [-0.2, 0) is 16.2 Å². The van der Waals surface area contributed by atoms with Gasteiger partial charge >= 0.3 is 0 Å². The highest BCUT2D eigenvalue weighted by atomic mass is 35.5. The van der Waals surface area contributed by atoms with Gasteiger partial charge in [0.05, 0.1) is 24.7 Å². The van der Waals surface area contributed by atoms with Crippen molar-refractivity contribution in [2.24, 2.45) is 28.8 Å². The van der Waals surface area contributed by atoms with E-state index in [0.717, 1.165) is 23.4 Å². The van der Waals surface area contributed by atoms with E-state index < -0.39 is 0 Å². The van der Waals surface area contributed by atoms with Gasteiger partial charge in [0, 0.05) is 15.6 Å². The lowest BCUT2D eigenvalue weighted by atomic mass is 9.63. The minimum absolute atomic E-state index is 0.141. The lowest BCUT2D eigenvalue weighted by Crippen LogP contribution is -2.38. The van der Waals surface area contributed by atoms with Crippen molar-refractivity contribution in [3.63, 3.8) is 0 Å². The van der Waals surface area contributed by atoms with Crippen molar-refractivity contribution in [3.05, 3.63) is 69.7 Å². The highest BCUT2D eigenvalue weighted by Gasteiger charge is 2.56. The molecule has 2 fully saturated rings. The molecule has 0 N–H and O–H groups in total. The van der Waals surface area contributed by atoms with Gasteiger partial charge in [-0.15, -0.1) is 0 Å². The number of amides is 2. The van der Waals surface area contributed by atoms with E-state index in [1.807, 2.05) is 13.0 Å². The van der Waals surface area contributed by atoms with Crippen LogP contribution in [0.4, 0.5) is 0 Å². The SMILES string of the molecule is CCOc1cc(/C=N\N2C(=O)[C@@H]3[C@H](C2=O)[C@H]2C=C[C@H]3CC2)ccc1OCc1ccc(Cl)cc1Cl. The maximum Gasteiger partial charge on any atom is 0.254 e. The summed E-state index contributed by atoms with van der Waals surface area (Å²) in [7, 11) is 0. The molecule has 2 bridgehead atoms. The Morgan fingerprint density at radius 1 is 0.971 bits per heavy atom. The highest BCUT2D eigenvalue weighted by molar-refractivity contribution is 6.35. The first-order chi connectivity index (χ1) is 16.5. The van der Waals surface area contributed by atoms with Crippen molar-refractivity contribution in [1.82, 2.24) is 5.01 Å². The van der Waals surface area contributed by atoms with E-state index in [2.05, 4.69) is 17.3 Å². The Balaban J connectivity index is 1.32. The Kier molecular flexibility index (Phi) is 6.36. The summed E-state index contributed by atoms with van der Waals surface area (Å²) in [6.45, 7) is 2.58. The molecule has 0 aromatic heterocycles. The lowest BCUT2D eigenvalue weighted by molar-refractivity contribution is -0.140. The van der Waals surface area contributed by atoms with Crippen LogP contribution in [0.1, 0.15) is 30.9 Å². The van der Waals surface area contributed by atoms with Crippen molar-refractivity contribution in [2.75, 3.05) is 6.61 Å². The van der Waals surface area contributed by atoms with Gasteiger partial charge in [-0.05, 0) is 67.5 Å². The van der Waals surface area contributed by atoms with E-state index in [1.165, 1.54) is 6.21 Å². The lowest BCUT2D eigenvalue weighted by Gasteiger charge is -2.37. The molecule has 1 saturated carbocycles. The summed E-state index contributed by atoms with van der Waals surface area (Å²) >= 11 is 12.2. The summed E-state index contributed by atoms with van der Waals surface area (Å²) in [6.07, 6.45) is 7.62. The summed E-state index contributed by atoms with van der Waals surface area (Å²) in [6, 6.07) is 10.6. The molecule has 6 rings (SSSR count). The van der Waals surface area contributed by atoms with Crippen LogP contribution in [-0.4, -0.2) is 29.6 Å². The molecule has 0 unspecified atom stereocenters. The average molecular weight is 499 g/mol. The molecule has 1 heterocycles. The van der Waals surface area contributed by atoms with Gasteiger partial charge in [-0.2, -0.15) is 10.1 Å². The Bertz CT molecular complexity index is 1160. The zero-order valence-corrected chi connectivity index (χ0v) is 20.1. The van der Waals surface area contributed by atoms with Crippen LogP contribution >= 0.6 is 23.2 Å². The summed E-state index contributed by atoms with van der Waals surface area (Å²) in [5.74, 6) is 0.415. The van der Waals surface area contributed by atoms with Crippen LogP contribution < -0.4 is 9.47 Å². The standard InChI is InChI=1S/C26H24Cl2N2O4/c1-2-33-22-11-15(3-10-21(22)34-14-18-8-9-19(27)12-20(18)28)13-29-30-25(31)23-16-4-5-17(7-6-16)24(23)26(30)32/h3-5,8-13,16-17,23-24H,2,6-7,14H2,1H3/b29-13-/t16-,17-,23-,24+/m0/s1. The first-order valence-electron chi connectivity index (χ1n) is 11.4. The maximum atomic E-state index is 12.9. The molecule has 6 nitrogen and oxygen atoms in total. The zero-order valence-electron chi connectivity index (χ0n) is 18.6. The minimum atomic E-state index is -0.275. The predicted molar refractivity (Wildman–Crippen MR) is 130 cm³/mol. The molecule has 8 heteroatoms. The molecule has 2 amide bonds. The molecular formula is C26H24Cl2N2O4. The van der Waals surface area contributed by atoms with E-state index in [9.17, 15) is 9.59 Å². The van der Waals surface area contributed by atoms with Crippen molar-refractivity contribution in [2.45, 2.75) is 26.4 Å². The summed E-state index contributed by atoms with van der Waals surface area (Å²) in [4.78, 5) is 25.9. The van der Waals surface area contributed by atoms with Gasteiger partial charge in [0.15, 0.2) is 11.5 Å². The normalized spacial score (nSPS) is 25.3. The second kappa shape index (κ2) is 9.43. The van der Waals surface area contributed by atoms with E-state index >= 15 is 0 Å². The number of fused-ring (bicyclic) bond motifs is 1. The van der Waals surface area contributed by atoms with Crippen molar-refractivity contribution >= 4 is 41.2 Å². The average Bonchev–Trinajstić information content (AvgIpc) is 3.11. The van der Waals surface area contributed by atoms with Gasteiger partial charge in [-0.25, -0.2) is 0 Å². The van der Waals surface area contributed by atoms with Crippen LogP contribution in [0.15, 0.2) is 53.7 Å². The van der Waals surface area contributed by atoms with Gasteiger partial charge < -0.3 is 9.47 Å². The fourth-order valence-electron chi connectivity index (χ4n) is 5.08. The number of hydrogen-bond donors (Lipinski definition) is 0. The number of halogens is 2. The van der Waals surface area contributed by atoms with Gasteiger partial charge in [0.2, 0.25) is 0 Å². The third-order valence-corrected chi connectivity index (χ3v) is 7.31. The highest BCUT2D eigenvalue weighted by Crippen LogP contribution is 2.49. The summed E-state index contributed by atoms with van der Waals surface area (Å²) in [5, 5.41) is 6.42.